The van der Waals surface area contributed by atoms with Gasteiger partial charge in [0.1, 0.15) is 0 Å². The molecule has 0 aromatic heterocycles. The largest absolute Gasteiger partial charge is 0.465 e. The first-order valence-corrected chi connectivity index (χ1v) is 9.67. The maximum absolute atomic E-state index is 12.2. The van der Waals surface area contributed by atoms with Crippen LogP contribution >= 0.6 is 0 Å². The Labute approximate surface area is 147 Å². The lowest BCUT2D eigenvalue weighted by Gasteiger charge is -2.23. The fourth-order valence-electron chi connectivity index (χ4n) is 3.00. The summed E-state index contributed by atoms with van der Waals surface area (Å²) in [5, 5.41) is 3.60. The second-order valence-corrected chi connectivity index (χ2v) is 6.67. The number of carbonyl (C=O) groups is 1. The molecule has 0 saturated carbocycles. The van der Waals surface area contributed by atoms with E-state index in [1.165, 1.54) is 31.4 Å². The van der Waals surface area contributed by atoms with E-state index in [4.69, 9.17) is 10.5 Å². The Hall–Kier alpha value is -1.29. The molecule has 0 aromatic carbocycles. The van der Waals surface area contributed by atoms with Crippen molar-refractivity contribution in [2.75, 3.05) is 19.7 Å². The number of nitrogens with one attached hydrogen (secondary N) is 1. The number of carbonyl (C=O) groups excluding carboxylic acids is 1. The van der Waals surface area contributed by atoms with Gasteiger partial charge in [-0.25, -0.2) is 0 Å². The molecular formula is C20H36N2O2. The zero-order chi connectivity index (χ0) is 17.8. The number of esters is 1. The SMILES string of the molecule is CCCCC(CC)CNC1=CC(C(CN)C(=O)OCCC)=CCC1. The minimum absolute atomic E-state index is 0.197. The molecule has 2 unspecified atom stereocenters. The van der Waals surface area contributed by atoms with E-state index in [0.717, 1.165) is 37.3 Å². The first kappa shape index (κ1) is 20.8. The molecule has 3 N–H and O–H groups in total. The molecule has 0 fully saturated rings. The van der Waals surface area contributed by atoms with Crippen LogP contribution in [0.1, 0.15) is 65.7 Å². The van der Waals surface area contributed by atoms with Crippen molar-refractivity contribution in [2.45, 2.75) is 65.7 Å². The molecule has 2 atom stereocenters. The molecule has 1 aliphatic rings. The number of rotatable bonds is 12. The number of allylic oxidation sites excluding steroid dienone is 3. The highest BCUT2D eigenvalue weighted by molar-refractivity contribution is 5.77. The normalized spacial score (nSPS) is 16.8. The van der Waals surface area contributed by atoms with Gasteiger partial charge in [-0.2, -0.15) is 0 Å². The third kappa shape index (κ3) is 7.08. The van der Waals surface area contributed by atoms with Gasteiger partial charge in [-0.1, -0.05) is 46.1 Å². The van der Waals surface area contributed by atoms with Crippen molar-refractivity contribution in [3.8, 4) is 0 Å². The second-order valence-electron chi connectivity index (χ2n) is 6.67. The smallest absolute Gasteiger partial charge is 0.314 e. The van der Waals surface area contributed by atoms with E-state index in [2.05, 4.69) is 31.3 Å². The summed E-state index contributed by atoms with van der Waals surface area (Å²) in [7, 11) is 0. The first-order valence-electron chi connectivity index (χ1n) is 9.67. The van der Waals surface area contributed by atoms with Crippen molar-refractivity contribution in [2.24, 2.45) is 17.6 Å². The Morgan fingerprint density at radius 1 is 1.33 bits per heavy atom. The van der Waals surface area contributed by atoms with Gasteiger partial charge in [-0.15, -0.1) is 0 Å². The lowest BCUT2D eigenvalue weighted by molar-refractivity contribution is -0.146. The number of ether oxygens (including phenoxy) is 1. The van der Waals surface area contributed by atoms with Crippen LogP contribution in [-0.4, -0.2) is 25.7 Å². The molecule has 1 aliphatic carbocycles. The fourth-order valence-corrected chi connectivity index (χ4v) is 3.00. The Morgan fingerprint density at radius 3 is 2.75 bits per heavy atom. The minimum Gasteiger partial charge on any atom is -0.465 e. The van der Waals surface area contributed by atoms with Gasteiger partial charge in [0, 0.05) is 18.8 Å². The van der Waals surface area contributed by atoms with Crippen LogP contribution in [0.15, 0.2) is 23.4 Å². The molecule has 24 heavy (non-hydrogen) atoms. The highest BCUT2D eigenvalue weighted by Gasteiger charge is 2.23. The van der Waals surface area contributed by atoms with Gasteiger partial charge in [0.25, 0.3) is 0 Å². The van der Waals surface area contributed by atoms with Crippen LogP contribution in [0.3, 0.4) is 0 Å². The maximum Gasteiger partial charge on any atom is 0.314 e. The van der Waals surface area contributed by atoms with Crippen LogP contribution in [0.4, 0.5) is 0 Å². The Balaban J connectivity index is 2.61. The standard InChI is InChI=1S/C20H36N2O2/c1-4-7-9-16(6-3)15-22-18-11-8-10-17(13-18)19(14-21)20(23)24-12-5-2/h10,13,16,19,22H,4-9,11-12,14-15,21H2,1-3H3. The number of hydrogen-bond acceptors (Lipinski definition) is 4. The van der Waals surface area contributed by atoms with Crippen LogP contribution < -0.4 is 11.1 Å². The summed E-state index contributed by atoms with van der Waals surface area (Å²) in [6.07, 6.45) is 12.1. The first-order chi connectivity index (χ1) is 11.7. The maximum atomic E-state index is 12.2. The van der Waals surface area contributed by atoms with Crippen LogP contribution in [0.25, 0.3) is 0 Å². The molecule has 0 radical (unpaired) electrons. The molecule has 0 aliphatic heterocycles. The number of unbranched alkanes of at least 4 members (excludes halogenated alkanes) is 1. The van der Waals surface area contributed by atoms with E-state index in [1.807, 2.05) is 6.92 Å². The monoisotopic (exact) mass is 336 g/mol. The molecule has 1 rings (SSSR count). The van der Waals surface area contributed by atoms with Crippen LogP contribution in [0.5, 0.6) is 0 Å². The molecule has 4 heteroatoms. The van der Waals surface area contributed by atoms with Crippen molar-refractivity contribution in [3.63, 3.8) is 0 Å². The summed E-state index contributed by atoms with van der Waals surface area (Å²) in [4.78, 5) is 12.2. The van der Waals surface area contributed by atoms with Gasteiger partial charge < -0.3 is 15.8 Å². The second kappa shape index (κ2) is 12.1. The average molecular weight is 337 g/mol. The van der Waals surface area contributed by atoms with Crippen molar-refractivity contribution in [3.05, 3.63) is 23.4 Å². The summed E-state index contributed by atoms with van der Waals surface area (Å²) in [6.45, 7) is 8.28. The Bertz CT molecular complexity index is 429. The lowest BCUT2D eigenvalue weighted by Crippen LogP contribution is -2.29. The summed E-state index contributed by atoms with van der Waals surface area (Å²) >= 11 is 0. The predicted molar refractivity (Wildman–Crippen MR) is 101 cm³/mol. The summed E-state index contributed by atoms with van der Waals surface area (Å²) in [5.74, 6) is 0.188. The van der Waals surface area contributed by atoms with Gasteiger partial charge in [-0.05, 0) is 43.3 Å². The third-order valence-electron chi connectivity index (χ3n) is 4.67. The third-order valence-corrected chi connectivity index (χ3v) is 4.67. The van der Waals surface area contributed by atoms with E-state index in [1.54, 1.807) is 0 Å². The Morgan fingerprint density at radius 2 is 2.12 bits per heavy atom. The van der Waals surface area contributed by atoms with E-state index in [-0.39, 0.29) is 11.9 Å². The predicted octanol–water partition coefficient (Wildman–Crippen LogP) is 3.92. The summed E-state index contributed by atoms with van der Waals surface area (Å²) < 4.78 is 5.28. The van der Waals surface area contributed by atoms with E-state index in [0.29, 0.717) is 13.2 Å². The quantitative estimate of drug-likeness (QED) is 0.530. The summed E-state index contributed by atoms with van der Waals surface area (Å²) in [6, 6.07) is 0. The molecule has 0 heterocycles. The van der Waals surface area contributed by atoms with E-state index in [9.17, 15) is 4.79 Å². The van der Waals surface area contributed by atoms with Crippen molar-refractivity contribution >= 4 is 5.97 Å². The topological polar surface area (TPSA) is 64.3 Å². The van der Waals surface area contributed by atoms with Crippen LogP contribution in [-0.2, 0) is 9.53 Å². The Kier molecular flexibility index (Phi) is 10.5. The number of nitrogens with two attached hydrogens (primary N) is 1. The van der Waals surface area contributed by atoms with Crippen molar-refractivity contribution < 1.29 is 9.53 Å². The molecule has 0 saturated heterocycles. The van der Waals surface area contributed by atoms with Crippen molar-refractivity contribution in [1.29, 1.82) is 0 Å². The van der Waals surface area contributed by atoms with Crippen LogP contribution in [0, 0.1) is 11.8 Å². The molecule has 4 nitrogen and oxygen atoms in total. The molecular weight excluding hydrogens is 300 g/mol. The van der Waals surface area contributed by atoms with Gasteiger partial charge in [0.15, 0.2) is 0 Å². The lowest BCUT2D eigenvalue weighted by atomic mass is 9.92. The van der Waals surface area contributed by atoms with E-state index >= 15 is 0 Å². The highest BCUT2D eigenvalue weighted by atomic mass is 16.5. The van der Waals surface area contributed by atoms with Crippen molar-refractivity contribution in [1.82, 2.24) is 5.32 Å². The minimum atomic E-state index is -0.337. The molecule has 0 aromatic rings. The van der Waals surface area contributed by atoms with E-state index < -0.39 is 0 Å². The van der Waals surface area contributed by atoms with Crippen LogP contribution in [0.2, 0.25) is 0 Å². The zero-order valence-electron chi connectivity index (χ0n) is 15.8. The molecule has 0 bridgehead atoms. The molecule has 138 valence electrons. The van der Waals surface area contributed by atoms with Gasteiger partial charge in [0.05, 0.1) is 12.5 Å². The summed E-state index contributed by atoms with van der Waals surface area (Å²) in [5.41, 5.74) is 8.06. The van der Waals surface area contributed by atoms with Gasteiger partial charge in [0.2, 0.25) is 0 Å². The average Bonchev–Trinajstić information content (AvgIpc) is 2.61. The highest BCUT2D eigenvalue weighted by Crippen LogP contribution is 2.23. The molecule has 0 amide bonds. The van der Waals surface area contributed by atoms with Gasteiger partial charge in [-0.3, -0.25) is 4.79 Å². The number of hydrogen-bond donors (Lipinski definition) is 2. The van der Waals surface area contributed by atoms with Gasteiger partial charge >= 0.3 is 5.97 Å². The molecule has 0 spiro atoms. The zero-order valence-corrected chi connectivity index (χ0v) is 15.8. The fraction of sp³-hybridized carbons (Fsp3) is 0.750.